The molecule has 0 aliphatic carbocycles. The van der Waals surface area contributed by atoms with Crippen molar-refractivity contribution >= 4 is 38.3 Å². The zero-order chi connectivity index (χ0) is 21.4. The standard InChI is InChI=1S/C25H35O3P.Li/c1-7-9-13-27-21-11-12-23(22(16-21)28-14-10-8-2)29-25(26)24-18(4)15-17(3)19(5)20(24)6;/h11-12,15-16,29H,7-10,13-14H2,1-6H3;. The molecular weight excluding hydrogens is 386 g/mol. The molecule has 0 heterocycles. The van der Waals surface area contributed by atoms with E-state index in [9.17, 15) is 4.79 Å². The largest absolute Gasteiger partial charge is 0.493 e. The van der Waals surface area contributed by atoms with E-state index in [4.69, 9.17) is 9.47 Å². The van der Waals surface area contributed by atoms with Crippen LogP contribution in [0.25, 0.3) is 0 Å². The Morgan fingerprint density at radius 1 is 0.867 bits per heavy atom. The number of carbonyl (C=O) groups excluding carboxylic acids is 1. The van der Waals surface area contributed by atoms with Gasteiger partial charge in [0.15, 0.2) is 5.52 Å². The van der Waals surface area contributed by atoms with E-state index in [2.05, 4.69) is 40.7 Å². The van der Waals surface area contributed by atoms with Crippen LogP contribution in [0.15, 0.2) is 24.3 Å². The molecule has 159 valence electrons. The van der Waals surface area contributed by atoms with Gasteiger partial charge in [-0.15, -0.1) is 0 Å². The molecular formula is C25H35LiO3P. The number of aryl methyl sites for hydroxylation is 2. The maximum absolute atomic E-state index is 13.2. The Bertz CT molecular complexity index is 849. The van der Waals surface area contributed by atoms with Crippen LogP contribution in [0, 0.1) is 27.7 Å². The summed E-state index contributed by atoms with van der Waals surface area (Å²) < 4.78 is 11.9. The van der Waals surface area contributed by atoms with Crippen LogP contribution in [-0.2, 0) is 0 Å². The molecule has 0 bridgehead atoms. The number of hydrogen-bond acceptors (Lipinski definition) is 3. The Labute approximate surface area is 196 Å². The molecule has 0 aliphatic rings. The Morgan fingerprint density at radius 3 is 2.13 bits per heavy atom. The van der Waals surface area contributed by atoms with E-state index < -0.39 is 0 Å². The quantitative estimate of drug-likeness (QED) is 0.252. The van der Waals surface area contributed by atoms with E-state index in [1.54, 1.807) is 0 Å². The molecule has 0 saturated carbocycles. The first-order valence-electron chi connectivity index (χ1n) is 10.7. The van der Waals surface area contributed by atoms with Crippen molar-refractivity contribution < 1.29 is 14.3 Å². The van der Waals surface area contributed by atoms with Crippen LogP contribution in [0.5, 0.6) is 11.5 Å². The second-order valence-corrected chi connectivity index (χ2v) is 8.89. The van der Waals surface area contributed by atoms with Crippen molar-refractivity contribution in [3.8, 4) is 11.5 Å². The minimum atomic E-state index is 0. The molecule has 0 aromatic heterocycles. The summed E-state index contributed by atoms with van der Waals surface area (Å²) in [5.74, 6) is 1.59. The predicted octanol–water partition coefficient (Wildman–Crippen LogP) is 6.04. The van der Waals surface area contributed by atoms with Gasteiger partial charge in [-0.1, -0.05) is 32.8 Å². The number of benzene rings is 2. The summed E-state index contributed by atoms with van der Waals surface area (Å²) in [6, 6.07) is 8.01. The van der Waals surface area contributed by atoms with E-state index >= 15 is 0 Å². The number of unbranched alkanes of at least 4 members (excludes halogenated alkanes) is 2. The predicted molar refractivity (Wildman–Crippen MR) is 131 cm³/mol. The maximum atomic E-state index is 13.2. The van der Waals surface area contributed by atoms with E-state index in [1.807, 2.05) is 25.1 Å². The summed E-state index contributed by atoms with van der Waals surface area (Å²) in [7, 11) is 0.0317. The molecule has 1 unspecified atom stereocenters. The third-order valence-corrected chi connectivity index (χ3v) is 6.47. The SMILES string of the molecule is CCCCOc1ccc(PC(=O)c2c(C)cc(C)c(C)c2C)c(OCCCC)c1.[Li]. The average Bonchev–Trinajstić information content (AvgIpc) is 2.68. The number of rotatable bonds is 11. The molecule has 0 N–H and O–H groups in total. The molecule has 1 atom stereocenters. The van der Waals surface area contributed by atoms with Gasteiger partial charge in [0, 0.05) is 35.8 Å². The minimum absolute atomic E-state index is 0. The topological polar surface area (TPSA) is 35.5 Å². The van der Waals surface area contributed by atoms with Crippen molar-refractivity contribution in [2.45, 2.75) is 67.2 Å². The van der Waals surface area contributed by atoms with Crippen molar-refractivity contribution in [3.05, 3.63) is 52.1 Å². The third kappa shape index (κ3) is 7.16. The van der Waals surface area contributed by atoms with Gasteiger partial charge in [-0.05, 0) is 83.5 Å². The van der Waals surface area contributed by atoms with Gasteiger partial charge < -0.3 is 9.47 Å². The molecule has 1 radical (unpaired) electrons. The van der Waals surface area contributed by atoms with Gasteiger partial charge >= 0.3 is 0 Å². The second kappa shape index (κ2) is 13.2. The molecule has 0 amide bonds. The zero-order valence-electron chi connectivity index (χ0n) is 19.8. The number of ether oxygens (including phenoxy) is 2. The van der Waals surface area contributed by atoms with Crippen molar-refractivity contribution in [2.75, 3.05) is 13.2 Å². The van der Waals surface area contributed by atoms with Crippen LogP contribution in [0.3, 0.4) is 0 Å². The molecule has 2 aromatic carbocycles. The molecule has 0 fully saturated rings. The Hall–Kier alpha value is -1.26. The van der Waals surface area contributed by atoms with Gasteiger partial charge in [0.2, 0.25) is 0 Å². The summed E-state index contributed by atoms with van der Waals surface area (Å²) >= 11 is 0. The van der Waals surface area contributed by atoms with Crippen LogP contribution in [0.4, 0.5) is 0 Å². The smallest absolute Gasteiger partial charge is 0.186 e. The first-order chi connectivity index (χ1) is 13.9. The number of hydrogen-bond donors (Lipinski definition) is 0. The Kier molecular flexibility index (Phi) is 11.8. The fourth-order valence-corrected chi connectivity index (χ4v) is 4.48. The summed E-state index contributed by atoms with van der Waals surface area (Å²) in [5.41, 5.74) is 5.60. The van der Waals surface area contributed by atoms with Gasteiger partial charge in [-0.25, -0.2) is 0 Å². The van der Waals surface area contributed by atoms with E-state index in [1.165, 1.54) is 11.1 Å². The first kappa shape index (κ1) is 26.8. The van der Waals surface area contributed by atoms with Crippen LogP contribution >= 0.6 is 8.58 Å². The fraction of sp³-hybridized carbons (Fsp3) is 0.480. The van der Waals surface area contributed by atoms with Crippen molar-refractivity contribution in [2.24, 2.45) is 0 Å². The van der Waals surface area contributed by atoms with Gasteiger partial charge in [-0.2, -0.15) is 0 Å². The van der Waals surface area contributed by atoms with Crippen LogP contribution < -0.4 is 14.8 Å². The van der Waals surface area contributed by atoms with E-state index in [-0.39, 0.29) is 33.0 Å². The number of carbonyl (C=O) groups is 1. The summed E-state index contributed by atoms with van der Waals surface area (Å²) in [5, 5.41) is 0.950. The van der Waals surface area contributed by atoms with Crippen LogP contribution in [0.1, 0.15) is 72.1 Å². The van der Waals surface area contributed by atoms with Gasteiger partial charge in [0.1, 0.15) is 11.5 Å². The van der Waals surface area contributed by atoms with Crippen LogP contribution in [0.2, 0.25) is 0 Å². The average molecular weight is 421 g/mol. The monoisotopic (exact) mass is 421 g/mol. The summed E-state index contributed by atoms with van der Waals surface area (Å²) in [6.45, 7) is 13.9. The van der Waals surface area contributed by atoms with Gasteiger partial charge in [0.05, 0.1) is 13.2 Å². The third-order valence-electron chi connectivity index (χ3n) is 5.31. The molecule has 2 rings (SSSR count). The maximum Gasteiger partial charge on any atom is 0.186 e. The molecule has 2 aromatic rings. The molecule has 5 heteroatoms. The van der Waals surface area contributed by atoms with Crippen molar-refractivity contribution in [3.63, 3.8) is 0 Å². The molecule has 30 heavy (non-hydrogen) atoms. The van der Waals surface area contributed by atoms with E-state index in [0.717, 1.165) is 59.2 Å². The second-order valence-electron chi connectivity index (χ2n) is 7.65. The first-order valence-corrected chi connectivity index (χ1v) is 11.7. The fourth-order valence-electron chi connectivity index (χ4n) is 3.29. The van der Waals surface area contributed by atoms with Crippen LogP contribution in [-0.4, -0.2) is 37.6 Å². The minimum Gasteiger partial charge on any atom is -0.493 e. The summed E-state index contributed by atoms with van der Waals surface area (Å²) in [6.07, 6.45) is 4.19. The zero-order valence-corrected chi connectivity index (χ0v) is 20.8. The molecule has 0 aliphatic heterocycles. The molecule has 0 saturated heterocycles. The van der Waals surface area contributed by atoms with Gasteiger partial charge in [0.25, 0.3) is 0 Å². The molecule has 3 nitrogen and oxygen atoms in total. The van der Waals surface area contributed by atoms with Gasteiger partial charge in [-0.3, -0.25) is 4.79 Å². The van der Waals surface area contributed by atoms with Crippen molar-refractivity contribution in [1.82, 2.24) is 0 Å². The molecule has 0 spiro atoms. The normalized spacial score (nSPS) is 10.9. The van der Waals surface area contributed by atoms with Crippen molar-refractivity contribution in [1.29, 1.82) is 0 Å². The Morgan fingerprint density at radius 2 is 1.50 bits per heavy atom. The summed E-state index contributed by atoms with van der Waals surface area (Å²) in [4.78, 5) is 13.2. The van der Waals surface area contributed by atoms with E-state index in [0.29, 0.717) is 13.2 Å². The Balaban J connectivity index is 0.00000450.